The molecule has 1 N–H and O–H groups in total. The fourth-order valence-electron chi connectivity index (χ4n) is 2.84. The highest BCUT2D eigenvalue weighted by Crippen LogP contribution is 2.49. The van der Waals surface area contributed by atoms with Gasteiger partial charge in [0.15, 0.2) is 0 Å². The predicted molar refractivity (Wildman–Crippen MR) is 73.3 cm³/mol. The van der Waals surface area contributed by atoms with Crippen molar-refractivity contribution in [3.63, 3.8) is 0 Å². The zero-order chi connectivity index (χ0) is 14.4. The number of ether oxygens (including phenoxy) is 3. The molecule has 1 aliphatic rings. The molecule has 1 saturated carbocycles. The van der Waals surface area contributed by atoms with E-state index >= 15 is 0 Å². The fourth-order valence-corrected chi connectivity index (χ4v) is 2.84. The lowest BCUT2D eigenvalue weighted by Gasteiger charge is -2.43. The van der Waals surface area contributed by atoms with Gasteiger partial charge in [0.2, 0.25) is 0 Å². The summed E-state index contributed by atoms with van der Waals surface area (Å²) in [4.78, 5) is 0. The zero-order valence-corrected chi connectivity index (χ0v) is 12.5. The molecule has 4 heteroatoms. The molecule has 0 bridgehead atoms. The Morgan fingerprint density at radius 1 is 1.32 bits per heavy atom. The molecule has 0 aromatic carbocycles. The minimum absolute atomic E-state index is 0.170. The Labute approximate surface area is 116 Å². The highest BCUT2D eigenvalue weighted by atomic mass is 16.7. The van der Waals surface area contributed by atoms with Gasteiger partial charge in [0.1, 0.15) is 19.0 Å². The number of hydrogen-bond donors (Lipinski definition) is 1. The molecule has 0 amide bonds. The van der Waals surface area contributed by atoms with Crippen LogP contribution in [0, 0.1) is 17.4 Å². The van der Waals surface area contributed by atoms with Gasteiger partial charge in [0.25, 0.3) is 0 Å². The van der Waals surface area contributed by atoms with Crippen molar-refractivity contribution in [1.82, 2.24) is 0 Å². The first-order valence-electron chi connectivity index (χ1n) is 6.93. The molecule has 110 valence electrons. The minimum atomic E-state index is -0.844. The lowest BCUT2D eigenvalue weighted by atomic mass is 9.68. The molecule has 0 heterocycles. The summed E-state index contributed by atoms with van der Waals surface area (Å²) < 4.78 is 15.8. The summed E-state index contributed by atoms with van der Waals surface area (Å²) in [6.07, 6.45) is 6.30. The second-order valence-corrected chi connectivity index (χ2v) is 5.55. The lowest BCUT2D eigenvalue weighted by molar-refractivity contribution is -0.155. The SMILES string of the molecule is CCOC#CC(OCOC)C1(C(C)(C)O)CCCC1. The Morgan fingerprint density at radius 2 is 1.95 bits per heavy atom. The number of rotatable bonds is 6. The van der Waals surface area contributed by atoms with Gasteiger partial charge >= 0.3 is 0 Å². The van der Waals surface area contributed by atoms with E-state index in [2.05, 4.69) is 12.0 Å². The summed E-state index contributed by atoms with van der Waals surface area (Å²) in [5.41, 5.74) is -1.20. The van der Waals surface area contributed by atoms with Gasteiger partial charge in [-0.1, -0.05) is 12.8 Å². The van der Waals surface area contributed by atoms with Crippen LogP contribution in [0.4, 0.5) is 0 Å². The van der Waals surface area contributed by atoms with Crippen LogP contribution in [0.3, 0.4) is 0 Å². The Kier molecular flexibility index (Phi) is 6.12. The summed E-state index contributed by atoms with van der Waals surface area (Å²) in [6.45, 7) is 6.28. The summed E-state index contributed by atoms with van der Waals surface area (Å²) in [6, 6.07) is 0. The Hall–Kier alpha value is -0.760. The highest BCUT2D eigenvalue weighted by Gasteiger charge is 2.51. The number of methoxy groups -OCH3 is 1. The molecule has 0 aliphatic heterocycles. The molecule has 0 radical (unpaired) electrons. The van der Waals surface area contributed by atoms with Gasteiger partial charge in [-0.3, -0.25) is 0 Å². The molecule has 0 aromatic heterocycles. The van der Waals surface area contributed by atoms with Crippen molar-refractivity contribution in [2.75, 3.05) is 20.5 Å². The molecule has 1 fully saturated rings. The van der Waals surface area contributed by atoms with E-state index in [0.717, 1.165) is 25.7 Å². The monoisotopic (exact) mass is 270 g/mol. The van der Waals surface area contributed by atoms with Gasteiger partial charge in [0, 0.05) is 12.5 Å². The van der Waals surface area contributed by atoms with E-state index < -0.39 is 5.60 Å². The molecule has 0 saturated heterocycles. The molecule has 1 rings (SSSR count). The molecule has 0 spiro atoms. The van der Waals surface area contributed by atoms with Crippen molar-refractivity contribution < 1.29 is 19.3 Å². The molecular formula is C15H26O4. The average Bonchev–Trinajstić information content (AvgIpc) is 2.83. The zero-order valence-electron chi connectivity index (χ0n) is 12.5. The Morgan fingerprint density at radius 3 is 2.42 bits per heavy atom. The maximum absolute atomic E-state index is 10.6. The van der Waals surface area contributed by atoms with Gasteiger partial charge < -0.3 is 19.3 Å². The molecule has 4 nitrogen and oxygen atoms in total. The third kappa shape index (κ3) is 3.85. The van der Waals surface area contributed by atoms with Crippen LogP contribution in [0.5, 0.6) is 0 Å². The molecular weight excluding hydrogens is 244 g/mol. The van der Waals surface area contributed by atoms with Crippen molar-refractivity contribution >= 4 is 0 Å². The quantitative estimate of drug-likeness (QED) is 0.594. The van der Waals surface area contributed by atoms with Crippen molar-refractivity contribution in [1.29, 1.82) is 0 Å². The van der Waals surface area contributed by atoms with E-state index in [-0.39, 0.29) is 18.3 Å². The fraction of sp³-hybridized carbons (Fsp3) is 0.867. The van der Waals surface area contributed by atoms with E-state index in [1.165, 1.54) is 0 Å². The van der Waals surface area contributed by atoms with Crippen molar-refractivity contribution in [2.24, 2.45) is 5.41 Å². The van der Waals surface area contributed by atoms with Crippen LogP contribution in [0.1, 0.15) is 46.5 Å². The molecule has 1 atom stereocenters. The summed E-state index contributed by atoms with van der Waals surface area (Å²) >= 11 is 0. The first kappa shape index (κ1) is 16.3. The van der Waals surface area contributed by atoms with Gasteiger partial charge in [-0.2, -0.15) is 0 Å². The third-order valence-electron chi connectivity index (χ3n) is 3.98. The van der Waals surface area contributed by atoms with Crippen LogP contribution in [-0.4, -0.2) is 37.3 Å². The Balaban J connectivity index is 2.95. The highest BCUT2D eigenvalue weighted by molar-refractivity contribution is 5.14. The van der Waals surface area contributed by atoms with E-state index in [1.807, 2.05) is 20.8 Å². The van der Waals surface area contributed by atoms with Crippen LogP contribution in [0.2, 0.25) is 0 Å². The van der Waals surface area contributed by atoms with Crippen LogP contribution < -0.4 is 0 Å². The standard InChI is InChI=1S/C15H26O4/c1-5-18-11-8-13(19-12-17-4)15(14(2,3)16)9-6-7-10-15/h13,16H,5-7,9-10,12H2,1-4H3. The smallest absolute Gasteiger partial charge is 0.148 e. The first-order valence-corrected chi connectivity index (χ1v) is 6.93. The average molecular weight is 270 g/mol. The van der Waals surface area contributed by atoms with E-state index in [1.54, 1.807) is 7.11 Å². The van der Waals surface area contributed by atoms with E-state index in [9.17, 15) is 5.11 Å². The number of aliphatic hydroxyl groups is 1. The molecule has 1 aliphatic carbocycles. The van der Waals surface area contributed by atoms with Crippen LogP contribution >= 0.6 is 0 Å². The van der Waals surface area contributed by atoms with Gasteiger partial charge in [-0.15, -0.1) is 0 Å². The minimum Gasteiger partial charge on any atom is -0.447 e. The summed E-state index contributed by atoms with van der Waals surface area (Å²) in [7, 11) is 1.58. The van der Waals surface area contributed by atoms with Crippen LogP contribution in [0.25, 0.3) is 0 Å². The topological polar surface area (TPSA) is 47.9 Å². The largest absolute Gasteiger partial charge is 0.447 e. The summed E-state index contributed by atoms with van der Waals surface area (Å²) in [5, 5.41) is 10.6. The maximum atomic E-state index is 10.6. The normalized spacial score (nSPS) is 19.6. The van der Waals surface area contributed by atoms with Crippen molar-refractivity contribution in [3.8, 4) is 12.0 Å². The van der Waals surface area contributed by atoms with E-state index in [0.29, 0.717) is 6.61 Å². The summed E-state index contributed by atoms with van der Waals surface area (Å²) in [5.74, 6) is 3.01. The van der Waals surface area contributed by atoms with E-state index in [4.69, 9.17) is 14.2 Å². The lowest BCUT2D eigenvalue weighted by Crippen LogP contribution is -2.50. The second kappa shape index (κ2) is 7.14. The Bertz CT molecular complexity index is 315. The molecule has 19 heavy (non-hydrogen) atoms. The predicted octanol–water partition coefficient (Wildman–Crippen LogP) is 2.30. The third-order valence-corrected chi connectivity index (χ3v) is 3.98. The van der Waals surface area contributed by atoms with Crippen molar-refractivity contribution in [3.05, 3.63) is 0 Å². The maximum Gasteiger partial charge on any atom is 0.148 e. The van der Waals surface area contributed by atoms with Crippen LogP contribution in [0.15, 0.2) is 0 Å². The van der Waals surface area contributed by atoms with Gasteiger partial charge in [0.05, 0.1) is 12.2 Å². The van der Waals surface area contributed by atoms with Gasteiger partial charge in [-0.25, -0.2) is 0 Å². The van der Waals surface area contributed by atoms with Gasteiger partial charge in [-0.05, 0) is 39.5 Å². The number of hydrogen-bond acceptors (Lipinski definition) is 4. The molecule has 1 unspecified atom stereocenters. The van der Waals surface area contributed by atoms with Crippen molar-refractivity contribution in [2.45, 2.75) is 58.2 Å². The first-order chi connectivity index (χ1) is 8.98. The second-order valence-electron chi connectivity index (χ2n) is 5.55. The molecule has 0 aromatic rings. The van der Waals surface area contributed by atoms with Crippen LogP contribution in [-0.2, 0) is 14.2 Å².